The predicted octanol–water partition coefficient (Wildman–Crippen LogP) is 2.07. The Kier molecular flexibility index (Phi) is 4.80. The number of hydrogen-bond donors (Lipinski definition) is 2. The highest BCUT2D eigenvalue weighted by Crippen LogP contribution is 2.14. The van der Waals surface area contributed by atoms with E-state index in [4.69, 9.17) is 10.5 Å². The minimum Gasteiger partial charge on any atom is -0.484 e. The molecule has 0 saturated carbocycles. The Hall–Kier alpha value is -2.01. The summed E-state index contributed by atoms with van der Waals surface area (Å²) in [5.74, 6) is 0.479. The van der Waals surface area contributed by atoms with Crippen LogP contribution in [0.2, 0.25) is 0 Å². The van der Waals surface area contributed by atoms with Crippen LogP contribution >= 0.6 is 11.3 Å². The van der Waals surface area contributed by atoms with E-state index in [1.807, 2.05) is 11.4 Å². The molecule has 0 aliphatic carbocycles. The van der Waals surface area contributed by atoms with Gasteiger partial charge in [0.2, 0.25) is 0 Å². The lowest BCUT2D eigenvalue weighted by Crippen LogP contribution is -2.30. The van der Waals surface area contributed by atoms with Crippen LogP contribution in [0.1, 0.15) is 4.88 Å². The molecule has 1 amide bonds. The second-order valence-electron chi connectivity index (χ2n) is 4.04. The number of benzene rings is 1. The van der Waals surface area contributed by atoms with Crippen molar-refractivity contribution in [1.29, 1.82) is 0 Å². The van der Waals surface area contributed by atoms with Gasteiger partial charge in [0.25, 0.3) is 5.91 Å². The smallest absolute Gasteiger partial charge is 0.257 e. The molecular weight excluding hydrogens is 260 g/mol. The van der Waals surface area contributed by atoms with E-state index in [9.17, 15) is 4.79 Å². The second-order valence-corrected chi connectivity index (χ2v) is 5.07. The summed E-state index contributed by atoms with van der Waals surface area (Å²) in [6.45, 7) is 0.632. The maximum Gasteiger partial charge on any atom is 0.257 e. The zero-order chi connectivity index (χ0) is 13.5. The van der Waals surface area contributed by atoms with Crippen molar-refractivity contribution < 1.29 is 9.53 Å². The maximum absolute atomic E-state index is 11.6. The number of nitrogens with one attached hydrogen (secondary N) is 1. The molecule has 4 nitrogen and oxygen atoms in total. The minimum atomic E-state index is -0.126. The van der Waals surface area contributed by atoms with Crippen molar-refractivity contribution >= 4 is 22.9 Å². The summed E-state index contributed by atoms with van der Waals surface area (Å²) >= 11 is 1.69. The molecule has 0 spiro atoms. The number of amides is 1. The van der Waals surface area contributed by atoms with Crippen molar-refractivity contribution in [3.8, 4) is 5.75 Å². The van der Waals surface area contributed by atoms with Crippen LogP contribution in [0, 0.1) is 0 Å². The minimum absolute atomic E-state index is 0.00783. The first-order chi connectivity index (χ1) is 9.24. The molecule has 0 saturated heterocycles. The van der Waals surface area contributed by atoms with Crippen molar-refractivity contribution in [1.82, 2.24) is 5.32 Å². The Labute approximate surface area is 116 Å². The highest BCUT2D eigenvalue weighted by molar-refractivity contribution is 7.09. The topological polar surface area (TPSA) is 64.3 Å². The first-order valence-electron chi connectivity index (χ1n) is 6.01. The molecule has 0 unspecified atom stereocenters. The van der Waals surface area contributed by atoms with E-state index >= 15 is 0 Å². The normalized spacial score (nSPS) is 10.1. The van der Waals surface area contributed by atoms with Gasteiger partial charge in [-0.3, -0.25) is 4.79 Å². The summed E-state index contributed by atoms with van der Waals surface area (Å²) in [6.07, 6.45) is 0.849. The SMILES string of the molecule is Nc1cccc(OCC(=O)NCCc2cccs2)c1. The third-order valence-corrected chi connectivity index (χ3v) is 3.44. The number of rotatable bonds is 6. The molecule has 1 aromatic carbocycles. The molecule has 2 aromatic rings. The zero-order valence-electron chi connectivity index (χ0n) is 10.5. The van der Waals surface area contributed by atoms with Crippen LogP contribution in [-0.2, 0) is 11.2 Å². The zero-order valence-corrected chi connectivity index (χ0v) is 11.3. The molecule has 0 aliphatic heterocycles. The molecule has 5 heteroatoms. The number of nitrogens with two attached hydrogens (primary N) is 1. The van der Waals surface area contributed by atoms with Gasteiger partial charge >= 0.3 is 0 Å². The Morgan fingerprint density at radius 1 is 1.32 bits per heavy atom. The lowest BCUT2D eigenvalue weighted by molar-refractivity contribution is -0.123. The number of nitrogen functional groups attached to an aromatic ring is 1. The fourth-order valence-corrected chi connectivity index (χ4v) is 2.29. The van der Waals surface area contributed by atoms with Gasteiger partial charge < -0.3 is 15.8 Å². The van der Waals surface area contributed by atoms with Gasteiger partial charge in [-0.05, 0) is 30.0 Å². The summed E-state index contributed by atoms with van der Waals surface area (Å²) in [5.41, 5.74) is 6.24. The van der Waals surface area contributed by atoms with Crippen LogP contribution in [-0.4, -0.2) is 19.1 Å². The molecule has 0 radical (unpaired) electrons. The van der Waals surface area contributed by atoms with Gasteiger partial charge in [0.1, 0.15) is 5.75 Å². The monoisotopic (exact) mass is 276 g/mol. The average Bonchev–Trinajstić information content (AvgIpc) is 2.90. The first kappa shape index (κ1) is 13.4. The van der Waals surface area contributed by atoms with Crippen LogP contribution < -0.4 is 15.8 Å². The summed E-state index contributed by atoms with van der Waals surface area (Å²) in [4.78, 5) is 12.8. The van der Waals surface area contributed by atoms with E-state index in [2.05, 4.69) is 11.4 Å². The number of carbonyl (C=O) groups excluding carboxylic acids is 1. The molecule has 0 aliphatic rings. The molecule has 0 fully saturated rings. The molecule has 1 aromatic heterocycles. The van der Waals surface area contributed by atoms with Crippen molar-refractivity contribution in [2.45, 2.75) is 6.42 Å². The number of ether oxygens (including phenoxy) is 1. The van der Waals surface area contributed by atoms with Crippen LogP contribution in [0.4, 0.5) is 5.69 Å². The van der Waals surface area contributed by atoms with Gasteiger partial charge in [0.05, 0.1) is 0 Å². The van der Waals surface area contributed by atoms with E-state index in [-0.39, 0.29) is 12.5 Å². The average molecular weight is 276 g/mol. The molecular formula is C14H16N2O2S. The molecule has 1 heterocycles. The van der Waals surface area contributed by atoms with Crippen LogP contribution in [0.3, 0.4) is 0 Å². The largest absolute Gasteiger partial charge is 0.484 e. The Morgan fingerprint density at radius 2 is 2.21 bits per heavy atom. The lowest BCUT2D eigenvalue weighted by atomic mass is 10.3. The van der Waals surface area contributed by atoms with Crippen LogP contribution in [0.5, 0.6) is 5.75 Å². The molecule has 3 N–H and O–H groups in total. The fraction of sp³-hybridized carbons (Fsp3) is 0.214. The molecule has 2 rings (SSSR count). The Bertz CT molecular complexity index is 526. The van der Waals surface area contributed by atoms with Gasteiger partial charge in [-0.15, -0.1) is 11.3 Å². The van der Waals surface area contributed by atoms with E-state index in [1.54, 1.807) is 35.6 Å². The van der Waals surface area contributed by atoms with Gasteiger partial charge in [-0.25, -0.2) is 0 Å². The Morgan fingerprint density at radius 3 is 2.95 bits per heavy atom. The summed E-state index contributed by atoms with van der Waals surface area (Å²) < 4.78 is 5.35. The highest BCUT2D eigenvalue weighted by Gasteiger charge is 2.03. The third kappa shape index (κ3) is 4.63. The first-order valence-corrected chi connectivity index (χ1v) is 6.89. The van der Waals surface area contributed by atoms with Crippen molar-refractivity contribution in [2.24, 2.45) is 0 Å². The van der Waals surface area contributed by atoms with E-state index in [0.29, 0.717) is 18.0 Å². The molecule has 19 heavy (non-hydrogen) atoms. The van der Waals surface area contributed by atoms with Crippen molar-refractivity contribution in [2.75, 3.05) is 18.9 Å². The van der Waals surface area contributed by atoms with Crippen LogP contribution in [0.15, 0.2) is 41.8 Å². The number of carbonyl (C=O) groups is 1. The van der Waals surface area contributed by atoms with Gasteiger partial charge in [-0.2, -0.15) is 0 Å². The number of hydrogen-bond acceptors (Lipinski definition) is 4. The Balaban J connectivity index is 1.67. The third-order valence-electron chi connectivity index (χ3n) is 2.50. The molecule has 0 atom stereocenters. The highest BCUT2D eigenvalue weighted by atomic mass is 32.1. The predicted molar refractivity (Wildman–Crippen MR) is 77.4 cm³/mol. The molecule has 0 bridgehead atoms. The number of anilines is 1. The fourth-order valence-electron chi connectivity index (χ4n) is 1.58. The van der Waals surface area contributed by atoms with E-state index < -0.39 is 0 Å². The van der Waals surface area contributed by atoms with Gasteiger partial charge in [0.15, 0.2) is 6.61 Å². The second kappa shape index (κ2) is 6.80. The summed E-state index contributed by atoms with van der Waals surface area (Å²) in [6, 6.07) is 11.1. The summed E-state index contributed by atoms with van der Waals surface area (Å²) in [7, 11) is 0. The van der Waals surface area contributed by atoms with Gasteiger partial charge in [0, 0.05) is 23.2 Å². The van der Waals surface area contributed by atoms with Gasteiger partial charge in [-0.1, -0.05) is 12.1 Å². The van der Waals surface area contributed by atoms with Crippen molar-refractivity contribution in [3.05, 3.63) is 46.7 Å². The van der Waals surface area contributed by atoms with E-state index in [0.717, 1.165) is 6.42 Å². The number of thiophene rings is 1. The lowest BCUT2D eigenvalue weighted by Gasteiger charge is -2.07. The van der Waals surface area contributed by atoms with E-state index in [1.165, 1.54) is 4.88 Å². The summed E-state index contributed by atoms with van der Waals surface area (Å²) in [5, 5.41) is 4.85. The van der Waals surface area contributed by atoms with Crippen LogP contribution in [0.25, 0.3) is 0 Å². The standard InChI is InChI=1S/C14H16N2O2S/c15-11-3-1-4-12(9-11)18-10-14(17)16-7-6-13-5-2-8-19-13/h1-5,8-9H,6-7,10,15H2,(H,16,17). The quantitative estimate of drug-likeness (QED) is 0.794. The maximum atomic E-state index is 11.6. The van der Waals surface area contributed by atoms with Crippen molar-refractivity contribution in [3.63, 3.8) is 0 Å². The molecule has 100 valence electrons.